The zero-order valence-corrected chi connectivity index (χ0v) is 21.0. The van der Waals surface area contributed by atoms with Crippen molar-refractivity contribution < 1.29 is 13.9 Å². The van der Waals surface area contributed by atoms with Crippen molar-refractivity contribution in [3.05, 3.63) is 108 Å². The molecule has 0 radical (unpaired) electrons. The lowest BCUT2D eigenvalue weighted by Gasteiger charge is -2.29. The lowest BCUT2D eigenvalue weighted by Crippen LogP contribution is -2.33. The molecule has 188 valence electrons. The third-order valence-electron chi connectivity index (χ3n) is 6.35. The van der Waals surface area contributed by atoms with E-state index in [9.17, 15) is 9.18 Å². The number of carbonyl (C=O) groups is 1. The van der Waals surface area contributed by atoms with Crippen molar-refractivity contribution in [1.29, 1.82) is 0 Å². The van der Waals surface area contributed by atoms with E-state index in [1.807, 2.05) is 58.1 Å². The predicted octanol–water partition coefficient (Wildman–Crippen LogP) is 5.02. The number of carbonyl (C=O) groups excluding carboxylic acids is 1. The average Bonchev–Trinajstić information content (AvgIpc) is 3.52. The van der Waals surface area contributed by atoms with Crippen LogP contribution in [0.3, 0.4) is 0 Å². The SMILES string of the molecule is COc1ccccc1NC(=O)CCN1C(=S)N[C@H](c2ccccn2)[C@@H]1c1cccn1-c1ccccc1F. The molecular formula is C28H26FN5O2S. The molecule has 0 saturated carbocycles. The Morgan fingerprint density at radius 3 is 2.65 bits per heavy atom. The molecule has 37 heavy (non-hydrogen) atoms. The fourth-order valence-electron chi connectivity index (χ4n) is 4.65. The first-order valence-electron chi connectivity index (χ1n) is 11.9. The van der Waals surface area contributed by atoms with Gasteiger partial charge in [0.05, 0.1) is 36.3 Å². The first-order chi connectivity index (χ1) is 18.1. The smallest absolute Gasteiger partial charge is 0.226 e. The molecule has 0 spiro atoms. The van der Waals surface area contributed by atoms with Crippen LogP contribution in [0, 0.1) is 5.82 Å². The lowest BCUT2D eigenvalue weighted by atomic mass is 10.0. The lowest BCUT2D eigenvalue weighted by molar-refractivity contribution is -0.116. The maximum atomic E-state index is 14.8. The van der Waals surface area contributed by atoms with Crippen molar-refractivity contribution in [2.24, 2.45) is 0 Å². The summed E-state index contributed by atoms with van der Waals surface area (Å²) in [7, 11) is 1.56. The molecule has 2 aromatic carbocycles. The fraction of sp³-hybridized carbons (Fsp3) is 0.179. The van der Waals surface area contributed by atoms with E-state index in [0.29, 0.717) is 28.8 Å². The van der Waals surface area contributed by atoms with Gasteiger partial charge in [-0.15, -0.1) is 0 Å². The van der Waals surface area contributed by atoms with Gasteiger partial charge in [0, 0.05) is 31.1 Å². The number of benzene rings is 2. The molecule has 9 heteroatoms. The minimum absolute atomic E-state index is 0.170. The van der Waals surface area contributed by atoms with Crippen molar-refractivity contribution in [2.75, 3.05) is 19.0 Å². The number of ether oxygens (including phenoxy) is 1. The number of hydrogen-bond donors (Lipinski definition) is 2. The van der Waals surface area contributed by atoms with E-state index in [1.165, 1.54) is 6.07 Å². The van der Waals surface area contributed by atoms with Crippen LogP contribution >= 0.6 is 12.2 Å². The Balaban J connectivity index is 1.45. The number of halogens is 1. The number of amides is 1. The number of nitrogens with zero attached hydrogens (tertiary/aromatic N) is 3. The maximum Gasteiger partial charge on any atom is 0.226 e. The number of pyridine rings is 1. The second-order valence-corrected chi connectivity index (χ2v) is 8.96. The number of nitrogens with one attached hydrogen (secondary N) is 2. The van der Waals surface area contributed by atoms with E-state index in [4.69, 9.17) is 17.0 Å². The van der Waals surface area contributed by atoms with Crippen LogP contribution < -0.4 is 15.4 Å². The second-order valence-electron chi connectivity index (χ2n) is 8.57. The Morgan fingerprint density at radius 2 is 1.86 bits per heavy atom. The summed E-state index contributed by atoms with van der Waals surface area (Å²) < 4.78 is 22.0. The quantitative estimate of drug-likeness (QED) is 0.321. The molecule has 5 rings (SSSR count). The predicted molar refractivity (Wildman–Crippen MR) is 144 cm³/mol. The van der Waals surface area contributed by atoms with Gasteiger partial charge < -0.3 is 24.8 Å². The highest BCUT2D eigenvalue weighted by molar-refractivity contribution is 7.80. The van der Waals surface area contributed by atoms with Gasteiger partial charge >= 0.3 is 0 Å². The molecule has 2 atom stereocenters. The summed E-state index contributed by atoms with van der Waals surface area (Å²) in [5.74, 6) is 0.0902. The summed E-state index contributed by atoms with van der Waals surface area (Å²) in [5.41, 5.74) is 2.68. The van der Waals surface area contributed by atoms with E-state index in [-0.39, 0.29) is 30.2 Å². The molecule has 1 amide bonds. The minimum Gasteiger partial charge on any atom is -0.495 e. The van der Waals surface area contributed by atoms with Gasteiger partial charge in [0.2, 0.25) is 5.91 Å². The molecule has 1 saturated heterocycles. The summed E-state index contributed by atoms with van der Waals surface area (Å²) in [4.78, 5) is 19.4. The zero-order chi connectivity index (χ0) is 25.8. The number of methoxy groups -OCH3 is 1. The molecule has 2 aromatic heterocycles. The Morgan fingerprint density at radius 1 is 1.08 bits per heavy atom. The van der Waals surface area contributed by atoms with Gasteiger partial charge in [0.1, 0.15) is 11.6 Å². The van der Waals surface area contributed by atoms with E-state index in [1.54, 1.807) is 43.6 Å². The van der Waals surface area contributed by atoms with E-state index in [2.05, 4.69) is 15.6 Å². The van der Waals surface area contributed by atoms with E-state index in [0.717, 1.165) is 11.4 Å². The normalized spacial score (nSPS) is 16.9. The number of rotatable bonds is 8. The average molecular weight is 516 g/mol. The van der Waals surface area contributed by atoms with E-state index >= 15 is 0 Å². The Kier molecular flexibility index (Phi) is 7.14. The molecule has 1 aliphatic rings. The van der Waals surface area contributed by atoms with Gasteiger partial charge in [-0.25, -0.2) is 4.39 Å². The van der Waals surface area contributed by atoms with Crippen LogP contribution in [-0.4, -0.2) is 39.1 Å². The van der Waals surface area contributed by atoms with Crippen molar-refractivity contribution in [2.45, 2.75) is 18.5 Å². The zero-order valence-electron chi connectivity index (χ0n) is 20.2. The molecule has 1 aliphatic heterocycles. The highest BCUT2D eigenvalue weighted by Crippen LogP contribution is 2.39. The molecular weight excluding hydrogens is 489 g/mol. The molecule has 3 heterocycles. The molecule has 1 fully saturated rings. The number of aromatic nitrogens is 2. The van der Waals surface area contributed by atoms with Gasteiger partial charge in [-0.3, -0.25) is 9.78 Å². The highest BCUT2D eigenvalue weighted by atomic mass is 32.1. The molecule has 0 aliphatic carbocycles. The summed E-state index contributed by atoms with van der Waals surface area (Å²) in [6.45, 7) is 0.350. The number of anilines is 1. The van der Waals surface area contributed by atoms with Crippen molar-refractivity contribution in [1.82, 2.24) is 19.8 Å². The largest absolute Gasteiger partial charge is 0.495 e. The summed E-state index contributed by atoms with van der Waals surface area (Å²) in [5, 5.41) is 6.80. The van der Waals surface area contributed by atoms with Gasteiger partial charge in [-0.2, -0.15) is 0 Å². The van der Waals surface area contributed by atoms with Crippen LogP contribution in [0.15, 0.2) is 91.3 Å². The number of hydrogen-bond acceptors (Lipinski definition) is 4. The summed E-state index contributed by atoms with van der Waals surface area (Å²) >= 11 is 5.73. The molecule has 4 aromatic rings. The topological polar surface area (TPSA) is 71.4 Å². The van der Waals surface area contributed by atoms with Crippen LogP contribution in [0.4, 0.5) is 10.1 Å². The monoisotopic (exact) mass is 515 g/mol. The summed E-state index contributed by atoms with van der Waals surface area (Å²) in [6, 6.07) is 22.8. The Bertz CT molecular complexity index is 1410. The van der Waals surface area contributed by atoms with Crippen LogP contribution in [0.25, 0.3) is 5.69 Å². The van der Waals surface area contributed by atoms with Crippen LogP contribution in [0.1, 0.15) is 29.9 Å². The third-order valence-corrected chi connectivity index (χ3v) is 6.71. The molecule has 0 unspecified atom stereocenters. The highest BCUT2D eigenvalue weighted by Gasteiger charge is 2.41. The molecule has 7 nitrogen and oxygen atoms in total. The van der Waals surface area contributed by atoms with Gasteiger partial charge in [-0.1, -0.05) is 30.3 Å². The van der Waals surface area contributed by atoms with Crippen LogP contribution in [0.2, 0.25) is 0 Å². The van der Waals surface area contributed by atoms with Gasteiger partial charge in [-0.05, 0) is 60.7 Å². The fourth-order valence-corrected chi connectivity index (χ4v) is 4.98. The minimum atomic E-state index is -0.328. The van der Waals surface area contributed by atoms with Gasteiger partial charge in [0.15, 0.2) is 5.11 Å². The first-order valence-corrected chi connectivity index (χ1v) is 12.3. The van der Waals surface area contributed by atoms with Crippen LogP contribution in [-0.2, 0) is 4.79 Å². The second kappa shape index (κ2) is 10.8. The summed E-state index contributed by atoms with van der Waals surface area (Å²) in [6.07, 6.45) is 3.75. The standard InChI is InChI=1S/C28H26FN5O2S/c1-36-24-14-5-3-10-20(24)31-25(35)15-18-34-27(26(32-28(34)37)21-11-6-7-16-30-21)23-13-8-17-33(23)22-12-4-2-9-19(22)29/h2-14,16-17,26-27H,15,18H2,1H3,(H,31,35)(H,32,37)/t26-,27+/m1/s1. The third kappa shape index (κ3) is 5.03. The van der Waals surface area contributed by atoms with Crippen molar-refractivity contribution >= 4 is 28.9 Å². The first kappa shape index (κ1) is 24.5. The molecule has 0 bridgehead atoms. The van der Waals surface area contributed by atoms with Crippen LogP contribution in [0.5, 0.6) is 5.75 Å². The van der Waals surface area contributed by atoms with Crippen molar-refractivity contribution in [3.8, 4) is 11.4 Å². The Hall–Kier alpha value is -4.24. The Labute approximate surface area is 219 Å². The molecule has 2 N–H and O–H groups in total. The van der Waals surface area contributed by atoms with Crippen molar-refractivity contribution in [3.63, 3.8) is 0 Å². The number of para-hydroxylation sites is 3. The van der Waals surface area contributed by atoms with Gasteiger partial charge in [0.25, 0.3) is 0 Å². The number of thiocarbonyl (C=S) groups is 1. The maximum absolute atomic E-state index is 14.8. The van der Waals surface area contributed by atoms with E-state index < -0.39 is 0 Å².